The lowest BCUT2D eigenvalue weighted by Gasteiger charge is -2.19. The Balaban J connectivity index is 2.30. The van der Waals surface area contributed by atoms with E-state index in [1.807, 2.05) is 13.8 Å². The third kappa shape index (κ3) is 2.53. The summed E-state index contributed by atoms with van der Waals surface area (Å²) < 4.78 is 5.21. The van der Waals surface area contributed by atoms with E-state index in [1.165, 1.54) is 0 Å². The van der Waals surface area contributed by atoms with Crippen LogP contribution in [0.5, 0.6) is 0 Å². The van der Waals surface area contributed by atoms with Gasteiger partial charge in [0.05, 0.1) is 18.2 Å². The average Bonchev–Trinajstić information content (AvgIpc) is 2.78. The van der Waals surface area contributed by atoms with Gasteiger partial charge in [-0.15, -0.1) is 0 Å². The third-order valence-corrected chi connectivity index (χ3v) is 2.76. The van der Waals surface area contributed by atoms with Gasteiger partial charge in [0.2, 0.25) is 11.7 Å². The van der Waals surface area contributed by atoms with Crippen molar-refractivity contribution in [2.45, 2.75) is 32.8 Å². The van der Waals surface area contributed by atoms with Gasteiger partial charge in [0.1, 0.15) is 5.69 Å². The average molecular weight is 248 g/mol. The van der Waals surface area contributed by atoms with Gasteiger partial charge in [0.15, 0.2) is 0 Å². The summed E-state index contributed by atoms with van der Waals surface area (Å²) in [5.74, 6) is 0.855. The normalized spacial score (nSPS) is 14.7. The highest BCUT2D eigenvalue weighted by Crippen LogP contribution is 2.27. The summed E-state index contributed by atoms with van der Waals surface area (Å²) in [7, 11) is 0. The summed E-state index contributed by atoms with van der Waals surface area (Å²) in [6.45, 7) is 5.73. The fraction of sp³-hybridized carbons (Fsp3) is 0.500. The Bertz CT molecular complexity index is 488. The molecule has 0 saturated carbocycles. The molecule has 0 amide bonds. The summed E-state index contributed by atoms with van der Waals surface area (Å²) in [6, 6.07) is 0. The van der Waals surface area contributed by atoms with E-state index < -0.39 is 6.10 Å². The zero-order valence-electron chi connectivity index (χ0n) is 10.6. The first-order valence-electron chi connectivity index (χ1n) is 5.87. The van der Waals surface area contributed by atoms with Crippen molar-refractivity contribution in [1.82, 2.24) is 20.1 Å². The summed E-state index contributed by atoms with van der Waals surface area (Å²) in [5.41, 5.74) is 0.556. The lowest BCUT2D eigenvalue weighted by Crippen LogP contribution is -2.20. The Morgan fingerprint density at radius 1 is 1.22 bits per heavy atom. The first-order valence-corrected chi connectivity index (χ1v) is 5.87. The van der Waals surface area contributed by atoms with Gasteiger partial charge in [-0.05, 0) is 12.8 Å². The molecular formula is C12H16N4O2. The Hall–Kier alpha value is -1.82. The van der Waals surface area contributed by atoms with Crippen LogP contribution in [-0.2, 0) is 0 Å². The summed E-state index contributed by atoms with van der Waals surface area (Å²) in [6.07, 6.45) is 4.18. The minimum atomic E-state index is -0.542. The molecule has 2 atom stereocenters. The number of rotatable bonds is 4. The van der Waals surface area contributed by atoms with Crippen LogP contribution < -0.4 is 0 Å². The molecular weight excluding hydrogens is 232 g/mol. The number of aliphatic hydroxyl groups is 1. The SMILES string of the molecule is CC(C)C(c1nc(-c2cnccn2)no1)C(C)O. The van der Waals surface area contributed by atoms with E-state index in [0.29, 0.717) is 17.4 Å². The summed E-state index contributed by atoms with van der Waals surface area (Å²) in [5, 5.41) is 13.6. The lowest BCUT2D eigenvalue weighted by molar-refractivity contribution is 0.120. The highest BCUT2D eigenvalue weighted by molar-refractivity contribution is 5.45. The molecule has 0 aliphatic heterocycles. The lowest BCUT2D eigenvalue weighted by atomic mass is 9.91. The number of aliphatic hydroxyl groups excluding tert-OH is 1. The van der Waals surface area contributed by atoms with E-state index in [9.17, 15) is 5.11 Å². The first kappa shape index (κ1) is 12.6. The fourth-order valence-corrected chi connectivity index (χ4v) is 1.94. The van der Waals surface area contributed by atoms with Crippen LogP contribution >= 0.6 is 0 Å². The second-order valence-corrected chi connectivity index (χ2v) is 4.56. The molecule has 0 spiro atoms. The van der Waals surface area contributed by atoms with Crippen LogP contribution in [0.3, 0.4) is 0 Å². The van der Waals surface area contributed by atoms with E-state index in [1.54, 1.807) is 25.5 Å². The van der Waals surface area contributed by atoms with Crippen LogP contribution in [-0.4, -0.2) is 31.3 Å². The molecule has 0 radical (unpaired) electrons. The van der Waals surface area contributed by atoms with Crippen molar-refractivity contribution in [2.75, 3.05) is 0 Å². The number of hydrogen-bond acceptors (Lipinski definition) is 6. The molecule has 1 N–H and O–H groups in total. The minimum Gasteiger partial charge on any atom is -0.393 e. The van der Waals surface area contributed by atoms with Crippen molar-refractivity contribution in [1.29, 1.82) is 0 Å². The third-order valence-electron chi connectivity index (χ3n) is 2.76. The van der Waals surface area contributed by atoms with Crippen LogP contribution in [0.15, 0.2) is 23.1 Å². The number of hydrogen-bond donors (Lipinski definition) is 1. The van der Waals surface area contributed by atoms with Crippen LogP contribution in [0.2, 0.25) is 0 Å². The highest BCUT2D eigenvalue weighted by Gasteiger charge is 2.27. The van der Waals surface area contributed by atoms with Gasteiger partial charge in [-0.25, -0.2) is 4.98 Å². The van der Waals surface area contributed by atoms with Crippen molar-refractivity contribution < 1.29 is 9.63 Å². The molecule has 0 fully saturated rings. The second kappa shape index (κ2) is 5.22. The molecule has 2 aromatic rings. The van der Waals surface area contributed by atoms with Crippen molar-refractivity contribution >= 4 is 0 Å². The maximum absolute atomic E-state index is 9.76. The zero-order valence-corrected chi connectivity index (χ0v) is 10.6. The van der Waals surface area contributed by atoms with Crippen molar-refractivity contribution in [3.8, 4) is 11.5 Å². The molecule has 2 rings (SSSR count). The molecule has 0 saturated heterocycles. The molecule has 2 aromatic heterocycles. The monoisotopic (exact) mass is 248 g/mol. The highest BCUT2D eigenvalue weighted by atomic mass is 16.5. The standard InChI is InChI=1S/C12H16N4O2/c1-7(2)10(8(3)17)12-15-11(16-18-12)9-6-13-4-5-14-9/h4-8,10,17H,1-3H3. The Labute approximate surface area is 105 Å². The van der Waals surface area contributed by atoms with Crippen molar-refractivity contribution in [2.24, 2.45) is 5.92 Å². The molecule has 0 aromatic carbocycles. The van der Waals surface area contributed by atoms with Crippen molar-refractivity contribution in [3.63, 3.8) is 0 Å². The van der Waals surface area contributed by atoms with Crippen LogP contribution in [0.1, 0.15) is 32.6 Å². The Morgan fingerprint density at radius 3 is 2.56 bits per heavy atom. The smallest absolute Gasteiger partial charge is 0.232 e. The van der Waals surface area contributed by atoms with Crippen molar-refractivity contribution in [3.05, 3.63) is 24.5 Å². The molecule has 2 heterocycles. The maximum atomic E-state index is 9.76. The second-order valence-electron chi connectivity index (χ2n) is 4.56. The Morgan fingerprint density at radius 2 is 2.00 bits per heavy atom. The minimum absolute atomic E-state index is 0.178. The van der Waals surface area contributed by atoms with Gasteiger partial charge in [0, 0.05) is 12.4 Å². The van der Waals surface area contributed by atoms with Crippen LogP contribution in [0.4, 0.5) is 0 Å². The molecule has 0 bridgehead atoms. The molecule has 0 aliphatic rings. The summed E-state index contributed by atoms with van der Waals surface area (Å²) in [4.78, 5) is 12.3. The topological polar surface area (TPSA) is 84.9 Å². The maximum Gasteiger partial charge on any atom is 0.232 e. The van der Waals surface area contributed by atoms with E-state index in [0.717, 1.165) is 0 Å². The fourth-order valence-electron chi connectivity index (χ4n) is 1.94. The van der Waals surface area contributed by atoms with Gasteiger partial charge in [-0.1, -0.05) is 19.0 Å². The van der Waals surface area contributed by atoms with E-state index in [4.69, 9.17) is 4.52 Å². The molecule has 6 heteroatoms. The molecule has 6 nitrogen and oxygen atoms in total. The molecule has 0 aliphatic carbocycles. The Kier molecular flexibility index (Phi) is 3.66. The largest absolute Gasteiger partial charge is 0.393 e. The first-order chi connectivity index (χ1) is 8.59. The van der Waals surface area contributed by atoms with Crippen LogP contribution in [0.25, 0.3) is 11.5 Å². The molecule has 96 valence electrons. The number of aromatic nitrogens is 4. The van der Waals surface area contributed by atoms with Gasteiger partial charge >= 0.3 is 0 Å². The molecule has 2 unspecified atom stereocenters. The van der Waals surface area contributed by atoms with E-state index in [2.05, 4.69) is 20.1 Å². The zero-order chi connectivity index (χ0) is 13.1. The van der Waals surface area contributed by atoms with E-state index in [-0.39, 0.29) is 11.8 Å². The van der Waals surface area contributed by atoms with Gasteiger partial charge in [-0.2, -0.15) is 4.98 Å². The predicted molar refractivity (Wildman–Crippen MR) is 64.6 cm³/mol. The summed E-state index contributed by atoms with van der Waals surface area (Å²) >= 11 is 0. The van der Waals surface area contributed by atoms with Gasteiger partial charge in [-0.3, -0.25) is 4.98 Å². The molecule has 18 heavy (non-hydrogen) atoms. The number of nitrogens with zero attached hydrogens (tertiary/aromatic N) is 4. The van der Waals surface area contributed by atoms with Crippen LogP contribution in [0, 0.1) is 5.92 Å². The van der Waals surface area contributed by atoms with E-state index >= 15 is 0 Å². The quantitative estimate of drug-likeness (QED) is 0.885. The predicted octanol–water partition coefficient (Wildman–Crippen LogP) is 1.65. The van der Waals surface area contributed by atoms with Gasteiger partial charge in [0.25, 0.3) is 0 Å². The van der Waals surface area contributed by atoms with Gasteiger partial charge < -0.3 is 9.63 Å².